The third-order valence-electron chi connectivity index (χ3n) is 3.12. The second-order valence-electron chi connectivity index (χ2n) is 4.87. The van der Waals surface area contributed by atoms with Gasteiger partial charge in [-0.2, -0.15) is 0 Å². The van der Waals surface area contributed by atoms with Gasteiger partial charge in [-0.05, 0) is 26.0 Å². The van der Waals surface area contributed by atoms with Crippen LogP contribution in [0, 0.1) is 18.8 Å². The molecule has 0 bridgehead atoms. The lowest BCUT2D eigenvalue weighted by atomic mass is 10.0. The number of carbonyl (C=O) groups is 1. The molecular formula is C16H21NO3. The first-order valence-corrected chi connectivity index (χ1v) is 6.57. The molecule has 0 aliphatic heterocycles. The van der Waals surface area contributed by atoms with E-state index in [0.717, 1.165) is 6.42 Å². The Morgan fingerprint density at radius 1 is 1.30 bits per heavy atom. The first-order valence-electron chi connectivity index (χ1n) is 6.57. The Morgan fingerprint density at radius 3 is 2.50 bits per heavy atom. The Morgan fingerprint density at radius 2 is 1.95 bits per heavy atom. The lowest BCUT2D eigenvalue weighted by Gasteiger charge is -2.24. The van der Waals surface area contributed by atoms with Crippen LogP contribution in [0.2, 0.25) is 0 Å². The number of aliphatic carboxylic acids is 1. The van der Waals surface area contributed by atoms with Gasteiger partial charge in [0.1, 0.15) is 6.42 Å². The number of aliphatic hydroxyl groups is 1. The van der Waals surface area contributed by atoms with E-state index in [4.69, 9.17) is 5.11 Å². The molecule has 0 fully saturated rings. The number of benzene rings is 1. The van der Waals surface area contributed by atoms with Crippen LogP contribution in [0.5, 0.6) is 0 Å². The van der Waals surface area contributed by atoms with E-state index >= 15 is 0 Å². The van der Waals surface area contributed by atoms with Crippen LogP contribution in [0.1, 0.15) is 17.5 Å². The Balaban J connectivity index is 2.53. The number of likely N-dealkylation sites (N-methyl/N-ethyl adjacent to an activating group) is 1. The molecule has 0 spiro atoms. The molecule has 108 valence electrons. The summed E-state index contributed by atoms with van der Waals surface area (Å²) in [5.41, 5.74) is 2.38. The van der Waals surface area contributed by atoms with Crippen LogP contribution < -0.4 is 0 Å². The number of aryl methyl sites for hydroxylation is 1. The Kier molecular flexibility index (Phi) is 6.78. The summed E-state index contributed by atoms with van der Waals surface area (Å²) in [5, 5.41) is 18.0. The van der Waals surface area contributed by atoms with E-state index in [-0.39, 0.29) is 19.1 Å². The summed E-state index contributed by atoms with van der Waals surface area (Å²) in [6.07, 6.45) is 0.601. The normalized spacial score (nSPS) is 11.8. The molecule has 0 radical (unpaired) electrons. The van der Waals surface area contributed by atoms with E-state index in [1.807, 2.05) is 18.9 Å². The molecule has 4 heteroatoms. The third kappa shape index (κ3) is 5.87. The van der Waals surface area contributed by atoms with Crippen LogP contribution in [0.4, 0.5) is 0 Å². The maximum atomic E-state index is 10.3. The maximum absolute atomic E-state index is 10.3. The minimum absolute atomic E-state index is 0.0168. The molecule has 0 aliphatic carbocycles. The minimum atomic E-state index is -0.918. The zero-order chi connectivity index (χ0) is 15.0. The van der Waals surface area contributed by atoms with Crippen LogP contribution in [0.3, 0.4) is 0 Å². The van der Waals surface area contributed by atoms with Gasteiger partial charge in [0.25, 0.3) is 0 Å². The molecule has 0 heterocycles. The van der Waals surface area contributed by atoms with E-state index in [9.17, 15) is 9.90 Å². The molecule has 0 amide bonds. The zero-order valence-electron chi connectivity index (χ0n) is 12.0. The third-order valence-corrected chi connectivity index (χ3v) is 3.12. The molecule has 1 aromatic rings. The van der Waals surface area contributed by atoms with Crippen molar-refractivity contribution in [2.24, 2.45) is 0 Å². The summed E-state index contributed by atoms with van der Waals surface area (Å²) in [7, 11) is 1.88. The summed E-state index contributed by atoms with van der Waals surface area (Å²) in [4.78, 5) is 12.3. The van der Waals surface area contributed by atoms with Crippen molar-refractivity contribution in [2.45, 2.75) is 25.8 Å². The standard InChI is InChI=1S/C16H21NO3/c1-13-6-8-14(9-7-13)11-15(12-18)17(2)10-4-3-5-16(19)20/h6-9,15,18H,5,10-12H2,1-2H3,(H,19,20). The highest BCUT2D eigenvalue weighted by molar-refractivity contribution is 5.69. The number of aliphatic hydroxyl groups excluding tert-OH is 1. The second-order valence-corrected chi connectivity index (χ2v) is 4.87. The fourth-order valence-corrected chi connectivity index (χ4v) is 1.80. The predicted octanol–water partition coefficient (Wildman–Crippen LogP) is 1.31. The summed E-state index contributed by atoms with van der Waals surface area (Å²) in [6, 6.07) is 8.20. The van der Waals surface area contributed by atoms with Crippen molar-refractivity contribution in [2.75, 3.05) is 20.2 Å². The fraction of sp³-hybridized carbons (Fsp3) is 0.438. The Bertz CT molecular complexity index is 485. The molecule has 0 saturated carbocycles. The van der Waals surface area contributed by atoms with Crippen LogP contribution in [0.25, 0.3) is 0 Å². The van der Waals surface area contributed by atoms with Gasteiger partial charge in [0.05, 0.1) is 13.2 Å². The van der Waals surface area contributed by atoms with Crippen molar-refractivity contribution in [1.82, 2.24) is 4.90 Å². The van der Waals surface area contributed by atoms with Gasteiger partial charge >= 0.3 is 5.97 Å². The summed E-state index contributed by atoms with van der Waals surface area (Å²) >= 11 is 0. The molecular weight excluding hydrogens is 254 g/mol. The van der Waals surface area contributed by atoms with Crippen molar-refractivity contribution >= 4 is 5.97 Å². The van der Waals surface area contributed by atoms with Crippen molar-refractivity contribution in [3.8, 4) is 11.8 Å². The first kappa shape index (κ1) is 16.2. The number of carboxylic acids is 1. The average molecular weight is 275 g/mol. The van der Waals surface area contributed by atoms with Gasteiger partial charge in [-0.3, -0.25) is 9.69 Å². The van der Waals surface area contributed by atoms with Gasteiger partial charge in [-0.25, -0.2) is 0 Å². The van der Waals surface area contributed by atoms with Gasteiger partial charge in [0, 0.05) is 6.04 Å². The highest BCUT2D eigenvalue weighted by atomic mass is 16.4. The molecule has 1 rings (SSSR count). The average Bonchev–Trinajstić information content (AvgIpc) is 2.42. The Labute approximate surface area is 120 Å². The van der Waals surface area contributed by atoms with E-state index in [0.29, 0.717) is 6.54 Å². The minimum Gasteiger partial charge on any atom is -0.481 e. The van der Waals surface area contributed by atoms with Gasteiger partial charge in [0.15, 0.2) is 0 Å². The van der Waals surface area contributed by atoms with Gasteiger partial charge in [-0.1, -0.05) is 41.7 Å². The monoisotopic (exact) mass is 275 g/mol. The molecule has 0 aromatic heterocycles. The summed E-state index contributed by atoms with van der Waals surface area (Å²) in [6.45, 7) is 2.53. The zero-order valence-corrected chi connectivity index (χ0v) is 12.0. The van der Waals surface area contributed by atoms with Crippen LogP contribution in [-0.2, 0) is 11.2 Å². The van der Waals surface area contributed by atoms with E-state index in [1.54, 1.807) is 0 Å². The summed E-state index contributed by atoms with van der Waals surface area (Å²) < 4.78 is 0. The molecule has 1 unspecified atom stereocenters. The van der Waals surface area contributed by atoms with Gasteiger partial charge in [-0.15, -0.1) is 0 Å². The number of hydrogen-bond donors (Lipinski definition) is 2. The highest BCUT2D eigenvalue weighted by Gasteiger charge is 2.13. The lowest BCUT2D eigenvalue weighted by molar-refractivity contribution is -0.135. The molecule has 1 aromatic carbocycles. The second kappa shape index (κ2) is 8.36. The molecule has 0 aliphatic rings. The van der Waals surface area contributed by atoms with Gasteiger partial charge in [0.2, 0.25) is 0 Å². The Hall–Kier alpha value is -1.83. The topological polar surface area (TPSA) is 60.8 Å². The van der Waals surface area contributed by atoms with Crippen molar-refractivity contribution < 1.29 is 15.0 Å². The number of rotatable bonds is 6. The van der Waals surface area contributed by atoms with Crippen LogP contribution in [-0.4, -0.2) is 47.3 Å². The number of hydrogen-bond acceptors (Lipinski definition) is 3. The van der Waals surface area contributed by atoms with Crippen LogP contribution in [0.15, 0.2) is 24.3 Å². The van der Waals surface area contributed by atoms with E-state index < -0.39 is 5.97 Å². The van der Waals surface area contributed by atoms with E-state index in [1.165, 1.54) is 11.1 Å². The quantitative estimate of drug-likeness (QED) is 0.768. The molecule has 0 saturated heterocycles. The van der Waals surface area contributed by atoms with Crippen molar-refractivity contribution in [3.63, 3.8) is 0 Å². The molecule has 4 nitrogen and oxygen atoms in total. The molecule has 1 atom stereocenters. The molecule has 2 N–H and O–H groups in total. The lowest BCUT2D eigenvalue weighted by Crippen LogP contribution is -2.36. The predicted molar refractivity (Wildman–Crippen MR) is 78.4 cm³/mol. The largest absolute Gasteiger partial charge is 0.481 e. The number of carboxylic acid groups (broad SMARTS) is 1. The SMILES string of the molecule is Cc1ccc(CC(CO)N(C)CC#CCC(=O)O)cc1. The maximum Gasteiger partial charge on any atom is 0.315 e. The first-order chi connectivity index (χ1) is 9.52. The van der Waals surface area contributed by atoms with Gasteiger partial charge < -0.3 is 10.2 Å². The number of nitrogens with zero attached hydrogens (tertiary/aromatic N) is 1. The van der Waals surface area contributed by atoms with E-state index in [2.05, 4.69) is 36.1 Å². The van der Waals surface area contributed by atoms with Crippen molar-refractivity contribution in [1.29, 1.82) is 0 Å². The highest BCUT2D eigenvalue weighted by Crippen LogP contribution is 2.09. The molecule has 20 heavy (non-hydrogen) atoms. The van der Waals surface area contributed by atoms with Crippen molar-refractivity contribution in [3.05, 3.63) is 35.4 Å². The summed E-state index contributed by atoms with van der Waals surface area (Å²) in [5.74, 6) is 4.49. The smallest absolute Gasteiger partial charge is 0.315 e. The van der Waals surface area contributed by atoms with Crippen LogP contribution >= 0.6 is 0 Å². The fourth-order valence-electron chi connectivity index (χ4n) is 1.80.